The predicted molar refractivity (Wildman–Crippen MR) is 48.5 cm³/mol. The van der Waals surface area contributed by atoms with E-state index >= 15 is 0 Å². The first-order valence-electron chi connectivity index (χ1n) is 4.21. The van der Waals surface area contributed by atoms with Crippen molar-refractivity contribution < 1.29 is 22.5 Å². The fourth-order valence-corrected chi connectivity index (χ4v) is 1.80. The number of rotatable bonds is 3. The maximum Gasteiger partial charge on any atom is 0.407 e. The number of nitrogens with zero attached hydrogens (tertiary/aromatic N) is 1. The van der Waals surface area contributed by atoms with Crippen LogP contribution in [0.25, 0.3) is 0 Å². The van der Waals surface area contributed by atoms with Gasteiger partial charge in [0.15, 0.2) is 0 Å². The Bertz CT molecular complexity index is 312. The largest absolute Gasteiger partial charge is 0.465 e. The number of amides is 1. The average Bonchev–Trinajstić information content (AvgIpc) is 2.47. The van der Waals surface area contributed by atoms with Crippen LogP contribution in [0.2, 0.25) is 0 Å². The summed E-state index contributed by atoms with van der Waals surface area (Å²) >= 11 is 0. The molecular weight excluding hydrogens is 210 g/mol. The molecule has 1 atom stereocenters. The zero-order valence-electron chi connectivity index (χ0n) is 7.84. The highest BCUT2D eigenvalue weighted by molar-refractivity contribution is 7.85. The van der Waals surface area contributed by atoms with Crippen LogP contribution >= 0.6 is 0 Å². The average molecular weight is 223 g/mol. The lowest BCUT2D eigenvalue weighted by Gasteiger charge is -2.11. The van der Waals surface area contributed by atoms with Crippen molar-refractivity contribution in [3.8, 4) is 0 Å². The van der Waals surface area contributed by atoms with E-state index in [-0.39, 0.29) is 12.5 Å². The first kappa shape index (κ1) is 11.3. The van der Waals surface area contributed by atoms with E-state index in [9.17, 15) is 13.2 Å². The minimum atomic E-state index is -3.42. The van der Waals surface area contributed by atoms with Crippen LogP contribution in [0.15, 0.2) is 0 Å². The molecule has 82 valence electrons. The Morgan fingerprint density at radius 1 is 1.64 bits per heavy atom. The Morgan fingerprint density at radius 3 is 2.71 bits per heavy atom. The molecule has 0 radical (unpaired) electrons. The summed E-state index contributed by atoms with van der Waals surface area (Å²) in [4.78, 5) is 11.8. The van der Waals surface area contributed by atoms with Gasteiger partial charge in [-0.15, -0.1) is 0 Å². The van der Waals surface area contributed by atoms with Gasteiger partial charge >= 0.3 is 6.09 Å². The molecule has 1 aliphatic heterocycles. The molecule has 1 aliphatic rings. The molecule has 0 unspecified atom stereocenters. The Balaban J connectivity index is 2.33. The predicted octanol–water partition coefficient (Wildman–Crippen LogP) is -0.0375. The molecule has 1 heterocycles. The topological polar surface area (TPSA) is 83.9 Å². The van der Waals surface area contributed by atoms with Crippen molar-refractivity contribution in [3.05, 3.63) is 0 Å². The zero-order valence-corrected chi connectivity index (χ0v) is 8.66. The molecule has 1 amide bonds. The second-order valence-corrected chi connectivity index (χ2v) is 5.02. The van der Waals surface area contributed by atoms with Crippen LogP contribution in [-0.4, -0.2) is 50.5 Å². The first-order valence-corrected chi connectivity index (χ1v) is 6.02. The fourth-order valence-electron chi connectivity index (χ4n) is 1.36. The maximum absolute atomic E-state index is 10.7. The molecule has 1 fully saturated rings. The SMILES string of the molecule is CS(=O)(=O)OC[C@H]1CCN(C(=O)O)C1. The van der Waals surface area contributed by atoms with Gasteiger partial charge in [-0.1, -0.05) is 0 Å². The van der Waals surface area contributed by atoms with Crippen LogP contribution < -0.4 is 0 Å². The van der Waals surface area contributed by atoms with Gasteiger partial charge in [0.25, 0.3) is 10.1 Å². The summed E-state index contributed by atoms with van der Waals surface area (Å²) in [5.41, 5.74) is 0. The van der Waals surface area contributed by atoms with E-state index in [1.165, 1.54) is 4.90 Å². The minimum absolute atomic E-state index is 0.0131. The van der Waals surface area contributed by atoms with Crippen LogP contribution in [0.4, 0.5) is 4.79 Å². The minimum Gasteiger partial charge on any atom is -0.465 e. The number of hydrogen-bond donors (Lipinski definition) is 1. The third-order valence-corrected chi connectivity index (χ3v) is 2.64. The van der Waals surface area contributed by atoms with Crippen molar-refractivity contribution in [2.75, 3.05) is 26.0 Å². The molecular formula is C7H13NO5S. The fraction of sp³-hybridized carbons (Fsp3) is 0.857. The smallest absolute Gasteiger partial charge is 0.407 e. The van der Waals surface area contributed by atoms with E-state index in [4.69, 9.17) is 5.11 Å². The highest BCUT2D eigenvalue weighted by Gasteiger charge is 2.26. The normalized spacial score (nSPS) is 22.6. The van der Waals surface area contributed by atoms with Gasteiger partial charge in [-0.05, 0) is 6.42 Å². The van der Waals surface area contributed by atoms with Gasteiger partial charge in [0.1, 0.15) is 0 Å². The quantitative estimate of drug-likeness (QED) is 0.679. The molecule has 1 N–H and O–H groups in total. The molecule has 0 bridgehead atoms. The molecule has 1 saturated heterocycles. The van der Waals surface area contributed by atoms with Crippen molar-refractivity contribution in [1.29, 1.82) is 0 Å². The Hall–Kier alpha value is -0.820. The van der Waals surface area contributed by atoms with Gasteiger partial charge < -0.3 is 10.0 Å². The van der Waals surface area contributed by atoms with Gasteiger partial charge in [-0.2, -0.15) is 8.42 Å². The lowest BCUT2D eigenvalue weighted by molar-refractivity contribution is 0.152. The molecule has 0 aromatic heterocycles. The zero-order chi connectivity index (χ0) is 10.8. The number of hydrogen-bond acceptors (Lipinski definition) is 4. The molecule has 14 heavy (non-hydrogen) atoms. The van der Waals surface area contributed by atoms with Crippen LogP contribution in [0.3, 0.4) is 0 Å². The highest BCUT2D eigenvalue weighted by Crippen LogP contribution is 2.16. The summed E-state index contributed by atoms with van der Waals surface area (Å²) < 4.78 is 25.9. The molecule has 0 saturated carbocycles. The molecule has 1 rings (SSSR count). The van der Waals surface area contributed by atoms with Gasteiger partial charge in [-0.3, -0.25) is 4.18 Å². The Labute approximate surface area is 82.6 Å². The van der Waals surface area contributed by atoms with E-state index in [0.717, 1.165) is 6.26 Å². The summed E-state index contributed by atoms with van der Waals surface area (Å²) in [5.74, 6) is -0.0131. The summed E-state index contributed by atoms with van der Waals surface area (Å²) in [6.45, 7) is 0.876. The number of carboxylic acid groups (broad SMARTS) is 1. The second kappa shape index (κ2) is 4.14. The van der Waals surface area contributed by atoms with Crippen molar-refractivity contribution in [2.45, 2.75) is 6.42 Å². The standard InChI is InChI=1S/C7H13NO5S/c1-14(11,12)13-5-6-2-3-8(4-6)7(9)10/h6H,2-5H2,1H3,(H,9,10)/t6-/m0/s1. The van der Waals surface area contributed by atoms with E-state index in [1.54, 1.807) is 0 Å². The Kier molecular flexibility index (Phi) is 3.33. The summed E-state index contributed by atoms with van der Waals surface area (Å²) in [7, 11) is -3.42. The summed E-state index contributed by atoms with van der Waals surface area (Å²) in [6.07, 6.45) is 0.672. The van der Waals surface area contributed by atoms with Crippen molar-refractivity contribution in [1.82, 2.24) is 4.90 Å². The summed E-state index contributed by atoms with van der Waals surface area (Å²) in [5, 5.41) is 8.63. The molecule has 0 aromatic carbocycles. The number of carbonyl (C=O) groups is 1. The van der Waals surface area contributed by atoms with Crippen LogP contribution in [-0.2, 0) is 14.3 Å². The van der Waals surface area contributed by atoms with Gasteiger partial charge in [0.2, 0.25) is 0 Å². The van der Waals surface area contributed by atoms with Crippen LogP contribution in [0.1, 0.15) is 6.42 Å². The third-order valence-electron chi connectivity index (χ3n) is 2.07. The van der Waals surface area contributed by atoms with Crippen molar-refractivity contribution in [2.24, 2.45) is 5.92 Å². The molecule has 0 aliphatic carbocycles. The molecule has 0 spiro atoms. The first-order chi connectivity index (χ1) is 6.38. The lowest BCUT2D eigenvalue weighted by atomic mass is 10.1. The van der Waals surface area contributed by atoms with Crippen LogP contribution in [0, 0.1) is 5.92 Å². The van der Waals surface area contributed by atoms with E-state index in [0.29, 0.717) is 19.5 Å². The van der Waals surface area contributed by atoms with Crippen molar-refractivity contribution in [3.63, 3.8) is 0 Å². The monoisotopic (exact) mass is 223 g/mol. The number of likely N-dealkylation sites (tertiary alicyclic amines) is 1. The maximum atomic E-state index is 10.7. The lowest BCUT2D eigenvalue weighted by Crippen LogP contribution is -2.27. The second-order valence-electron chi connectivity index (χ2n) is 3.37. The van der Waals surface area contributed by atoms with E-state index < -0.39 is 16.2 Å². The van der Waals surface area contributed by atoms with E-state index in [1.807, 2.05) is 0 Å². The molecule has 0 aromatic rings. The van der Waals surface area contributed by atoms with Gasteiger partial charge in [0, 0.05) is 19.0 Å². The highest BCUT2D eigenvalue weighted by atomic mass is 32.2. The third kappa shape index (κ3) is 3.51. The molecule has 7 heteroatoms. The van der Waals surface area contributed by atoms with E-state index in [2.05, 4.69) is 4.18 Å². The van der Waals surface area contributed by atoms with Gasteiger partial charge in [0.05, 0.1) is 12.9 Å². The Morgan fingerprint density at radius 2 is 2.29 bits per heavy atom. The van der Waals surface area contributed by atoms with Crippen molar-refractivity contribution >= 4 is 16.2 Å². The molecule has 6 nitrogen and oxygen atoms in total. The summed E-state index contributed by atoms with van der Waals surface area (Å²) in [6, 6.07) is 0. The van der Waals surface area contributed by atoms with Crippen LogP contribution in [0.5, 0.6) is 0 Å². The van der Waals surface area contributed by atoms with Gasteiger partial charge in [-0.25, -0.2) is 4.79 Å².